The van der Waals surface area contributed by atoms with Crippen LogP contribution in [0.1, 0.15) is 11.1 Å². The van der Waals surface area contributed by atoms with Crippen molar-refractivity contribution in [2.45, 2.75) is 6.54 Å². The number of ether oxygens (including phenoxy) is 1. The van der Waals surface area contributed by atoms with E-state index in [1.807, 2.05) is 40.9 Å². The van der Waals surface area contributed by atoms with E-state index in [0.717, 1.165) is 28.1 Å². The lowest BCUT2D eigenvalue weighted by Crippen LogP contribution is -2.06. The first kappa shape index (κ1) is 20.9. The average Bonchev–Trinajstić information content (AvgIpc) is 3.24. The quantitative estimate of drug-likeness (QED) is 0.307. The first-order chi connectivity index (χ1) is 15.6. The highest BCUT2D eigenvalue weighted by Crippen LogP contribution is 2.21. The Balaban J connectivity index is 1.51. The molecule has 0 saturated heterocycles. The van der Waals surface area contributed by atoms with Crippen molar-refractivity contribution >= 4 is 23.3 Å². The van der Waals surface area contributed by atoms with Gasteiger partial charge in [0.05, 0.1) is 24.1 Å². The molecule has 162 valence electrons. The SMILES string of the molecule is CN=C/C(=C(\N)OC)c1ccc(CNc2cc(-c3c[nH]c4cc(=O)ccn34)ncn2)cc1. The lowest BCUT2D eigenvalue weighted by atomic mass is 10.0. The van der Waals surface area contributed by atoms with Gasteiger partial charge in [-0.05, 0) is 11.1 Å². The third-order valence-corrected chi connectivity index (χ3v) is 4.95. The smallest absolute Gasteiger partial charge is 0.193 e. The number of fused-ring (bicyclic) bond motifs is 1. The second-order valence-corrected chi connectivity index (χ2v) is 7.00. The Morgan fingerprint density at radius 2 is 2.06 bits per heavy atom. The Morgan fingerprint density at radius 3 is 2.81 bits per heavy atom. The van der Waals surface area contributed by atoms with Gasteiger partial charge in [-0.25, -0.2) is 9.97 Å². The van der Waals surface area contributed by atoms with Gasteiger partial charge >= 0.3 is 0 Å². The van der Waals surface area contributed by atoms with Crippen LogP contribution in [0.4, 0.5) is 5.82 Å². The monoisotopic (exact) mass is 429 g/mol. The predicted molar refractivity (Wildman–Crippen MR) is 125 cm³/mol. The second-order valence-electron chi connectivity index (χ2n) is 7.00. The Bertz CT molecular complexity index is 1350. The van der Waals surface area contributed by atoms with E-state index in [1.54, 1.807) is 25.5 Å². The topological polar surface area (TPSA) is 123 Å². The molecule has 0 amide bonds. The van der Waals surface area contributed by atoms with E-state index >= 15 is 0 Å². The molecule has 4 aromatic rings. The molecule has 0 bridgehead atoms. The number of benzene rings is 1. The fraction of sp³-hybridized carbons (Fsp3) is 0.130. The number of anilines is 1. The Morgan fingerprint density at radius 1 is 1.25 bits per heavy atom. The third-order valence-electron chi connectivity index (χ3n) is 4.95. The summed E-state index contributed by atoms with van der Waals surface area (Å²) in [5.41, 5.74) is 10.9. The van der Waals surface area contributed by atoms with Crippen molar-refractivity contribution in [1.29, 1.82) is 0 Å². The van der Waals surface area contributed by atoms with Crippen molar-refractivity contribution in [3.8, 4) is 11.4 Å². The second kappa shape index (κ2) is 9.17. The Hall–Kier alpha value is -4.40. The molecule has 0 aliphatic carbocycles. The van der Waals surface area contributed by atoms with Crippen LogP contribution in [0.25, 0.3) is 22.6 Å². The highest BCUT2D eigenvalue weighted by molar-refractivity contribution is 6.10. The summed E-state index contributed by atoms with van der Waals surface area (Å²) < 4.78 is 7.03. The molecule has 9 nitrogen and oxygen atoms in total. The minimum absolute atomic E-state index is 0.0519. The van der Waals surface area contributed by atoms with E-state index in [4.69, 9.17) is 10.5 Å². The zero-order valence-electron chi connectivity index (χ0n) is 17.7. The maximum atomic E-state index is 11.6. The third kappa shape index (κ3) is 4.36. The summed E-state index contributed by atoms with van der Waals surface area (Å²) in [7, 11) is 3.22. The van der Waals surface area contributed by atoms with Gasteiger partial charge in [-0.3, -0.25) is 14.2 Å². The molecule has 0 saturated carbocycles. The van der Waals surface area contributed by atoms with Gasteiger partial charge in [0.15, 0.2) is 11.3 Å². The highest BCUT2D eigenvalue weighted by atomic mass is 16.5. The summed E-state index contributed by atoms with van der Waals surface area (Å²) in [4.78, 5) is 27.4. The van der Waals surface area contributed by atoms with E-state index in [2.05, 4.69) is 25.3 Å². The molecular formula is C23H23N7O2. The van der Waals surface area contributed by atoms with E-state index in [-0.39, 0.29) is 5.43 Å². The van der Waals surface area contributed by atoms with Gasteiger partial charge in [0.25, 0.3) is 0 Å². The van der Waals surface area contributed by atoms with E-state index in [0.29, 0.717) is 23.9 Å². The van der Waals surface area contributed by atoms with Crippen molar-refractivity contribution in [3.63, 3.8) is 0 Å². The van der Waals surface area contributed by atoms with Gasteiger partial charge in [-0.15, -0.1) is 0 Å². The number of imidazole rings is 1. The summed E-state index contributed by atoms with van der Waals surface area (Å²) in [5.74, 6) is 1.01. The van der Waals surface area contributed by atoms with Gasteiger partial charge < -0.3 is 20.8 Å². The fourth-order valence-corrected chi connectivity index (χ4v) is 3.32. The first-order valence-corrected chi connectivity index (χ1v) is 9.90. The van der Waals surface area contributed by atoms with Crippen LogP contribution in [0.2, 0.25) is 0 Å². The van der Waals surface area contributed by atoms with Gasteiger partial charge in [-0.1, -0.05) is 24.3 Å². The van der Waals surface area contributed by atoms with Gasteiger partial charge in [0.1, 0.15) is 17.8 Å². The van der Waals surface area contributed by atoms with E-state index < -0.39 is 0 Å². The lowest BCUT2D eigenvalue weighted by Gasteiger charge is -2.10. The lowest BCUT2D eigenvalue weighted by molar-refractivity contribution is 0.290. The number of H-pyrrole nitrogens is 1. The van der Waals surface area contributed by atoms with Gasteiger partial charge in [0.2, 0.25) is 0 Å². The van der Waals surface area contributed by atoms with Crippen LogP contribution in [0, 0.1) is 0 Å². The molecule has 1 aromatic carbocycles. The molecule has 0 spiro atoms. The number of pyridine rings is 1. The number of aromatic amines is 1. The minimum Gasteiger partial charge on any atom is -0.482 e. The van der Waals surface area contributed by atoms with Crippen molar-refractivity contribution < 1.29 is 4.74 Å². The molecule has 0 aliphatic heterocycles. The number of aliphatic imine (C=N–C) groups is 1. The molecule has 9 heteroatoms. The number of rotatable bonds is 7. The van der Waals surface area contributed by atoms with Crippen LogP contribution in [-0.2, 0) is 11.3 Å². The molecule has 4 N–H and O–H groups in total. The van der Waals surface area contributed by atoms with Crippen molar-refractivity contribution in [1.82, 2.24) is 19.4 Å². The average molecular weight is 429 g/mol. The van der Waals surface area contributed by atoms with Crippen LogP contribution in [0.5, 0.6) is 0 Å². The number of nitrogens with zero attached hydrogens (tertiary/aromatic N) is 4. The molecule has 0 atom stereocenters. The molecule has 32 heavy (non-hydrogen) atoms. The fourth-order valence-electron chi connectivity index (χ4n) is 3.32. The molecule has 0 fully saturated rings. The van der Waals surface area contributed by atoms with Crippen LogP contribution in [0.3, 0.4) is 0 Å². The number of nitrogens with two attached hydrogens (primary N) is 1. The van der Waals surface area contributed by atoms with Crippen LogP contribution in [-0.4, -0.2) is 39.7 Å². The number of aromatic nitrogens is 4. The zero-order chi connectivity index (χ0) is 22.5. The van der Waals surface area contributed by atoms with Crippen molar-refractivity contribution in [2.24, 2.45) is 10.7 Å². The first-order valence-electron chi connectivity index (χ1n) is 9.90. The summed E-state index contributed by atoms with van der Waals surface area (Å²) in [6, 6.07) is 12.9. The maximum Gasteiger partial charge on any atom is 0.193 e. The van der Waals surface area contributed by atoms with Crippen molar-refractivity contribution in [3.05, 3.63) is 88.4 Å². The number of nitrogens with one attached hydrogen (secondary N) is 2. The summed E-state index contributed by atoms with van der Waals surface area (Å²) >= 11 is 0. The molecule has 4 rings (SSSR count). The predicted octanol–water partition coefficient (Wildman–Crippen LogP) is 2.67. The highest BCUT2D eigenvalue weighted by Gasteiger charge is 2.09. The largest absolute Gasteiger partial charge is 0.482 e. The van der Waals surface area contributed by atoms with E-state index in [1.165, 1.54) is 19.5 Å². The van der Waals surface area contributed by atoms with Crippen LogP contribution < -0.4 is 16.5 Å². The molecule has 0 radical (unpaired) electrons. The number of hydrogen-bond donors (Lipinski definition) is 3. The number of hydrogen-bond acceptors (Lipinski definition) is 7. The zero-order valence-corrected chi connectivity index (χ0v) is 17.7. The standard InChI is InChI=1S/C23H23N7O2/c1-25-12-18(23(24)32-2)16-5-3-15(4-6-16)11-26-21-10-19(28-14-29-21)20-13-27-22-9-17(31)7-8-30(20)22/h3-10,12-14,27H,11,24H2,1-2H3,(H,26,28,29)/b23-18-,25-12?. The normalized spacial score (nSPS) is 12.2. The summed E-state index contributed by atoms with van der Waals surface area (Å²) in [5, 5.41) is 3.32. The molecule has 3 heterocycles. The molecular weight excluding hydrogens is 406 g/mol. The van der Waals surface area contributed by atoms with Crippen LogP contribution >= 0.6 is 0 Å². The van der Waals surface area contributed by atoms with Crippen molar-refractivity contribution in [2.75, 3.05) is 19.5 Å². The minimum atomic E-state index is -0.0519. The maximum absolute atomic E-state index is 11.6. The van der Waals surface area contributed by atoms with E-state index in [9.17, 15) is 4.79 Å². The number of methoxy groups -OCH3 is 1. The summed E-state index contributed by atoms with van der Waals surface area (Å²) in [6.07, 6.45) is 6.73. The Kier molecular flexibility index (Phi) is 5.98. The Labute approximate surface area is 184 Å². The van der Waals surface area contributed by atoms with Crippen LogP contribution in [0.15, 0.2) is 76.9 Å². The molecule has 0 aliphatic rings. The molecule has 0 unspecified atom stereocenters. The summed E-state index contributed by atoms with van der Waals surface area (Å²) in [6.45, 7) is 0.581. The van der Waals surface area contributed by atoms with Gasteiger partial charge in [0, 0.05) is 50.4 Å². The molecule has 3 aromatic heterocycles. The number of allylic oxidation sites excluding steroid dienone is 1. The van der Waals surface area contributed by atoms with Gasteiger partial charge in [-0.2, -0.15) is 0 Å².